The van der Waals surface area contributed by atoms with E-state index in [4.69, 9.17) is 4.74 Å². The molecule has 1 aromatic carbocycles. The predicted octanol–water partition coefficient (Wildman–Crippen LogP) is 0.631. The summed E-state index contributed by atoms with van der Waals surface area (Å²) in [6, 6.07) is 7.63. The molecular formula is C14H18N2O3. The van der Waals surface area contributed by atoms with E-state index in [0.717, 1.165) is 11.3 Å². The van der Waals surface area contributed by atoms with Crippen LogP contribution in [0.4, 0.5) is 0 Å². The third-order valence-electron chi connectivity index (χ3n) is 2.81. The van der Waals surface area contributed by atoms with Gasteiger partial charge in [-0.1, -0.05) is 18.2 Å². The van der Waals surface area contributed by atoms with Gasteiger partial charge in [-0.25, -0.2) is 0 Å². The third kappa shape index (κ3) is 3.47. The lowest BCUT2D eigenvalue weighted by Gasteiger charge is -2.12. The lowest BCUT2D eigenvalue weighted by molar-refractivity contribution is -0.130. The summed E-state index contributed by atoms with van der Waals surface area (Å²) in [6.07, 6.45) is 0.0117. The van der Waals surface area contributed by atoms with Gasteiger partial charge in [0.2, 0.25) is 5.91 Å². The van der Waals surface area contributed by atoms with Crippen LogP contribution in [0, 0.1) is 0 Å². The van der Waals surface area contributed by atoms with Crippen molar-refractivity contribution in [1.82, 2.24) is 10.6 Å². The highest BCUT2D eigenvalue weighted by Crippen LogP contribution is 2.27. The molecule has 1 atom stereocenters. The van der Waals surface area contributed by atoms with E-state index in [1.54, 1.807) is 0 Å². The van der Waals surface area contributed by atoms with E-state index in [9.17, 15) is 9.59 Å². The molecule has 5 heteroatoms. The third-order valence-corrected chi connectivity index (χ3v) is 2.81. The minimum Gasteiger partial charge on any atom is -0.480 e. The van der Waals surface area contributed by atoms with Gasteiger partial charge >= 0.3 is 0 Å². The number of hydrogen-bond acceptors (Lipinski definition) is 3. The van der Waals surface area contributed by atoms with Crippen molar-refractivity contribution in [2.75, 3.05) is 6.54 Å². The van der Waals surface area contributed by atoms with Crippen LogP contribution in [0.25, 0.3) is 0 Å². The number of hydrogen-bond donors (Lipinski definition) is 2. The first-order valence-corrected chi connectivity index (χ1v) is 6.38. The van der Waals surface area contributed by atoms with Gasteiger partial charge in [0.1, 0.15) is 5.75 Å². The first-order chi connectivity index (χ1) is 9.06. The summed E-state index contributed by atoms with van der Waals surface area (Å²) in [5.74, 6) is 0.295. The van der Waals surface area contributed by atoms with Crippen molar-refractivity contribution in [1.29, 1.82) is 0 Å². The number of fused-ring (bicyclic) bond motifs is 1. The first-order valence-electron chi connectivity index (χ1n) is 6.38. The first kappa shape index (κ1) is 13.4. The maximum atomic E-state index is 11.9. The Morgan fingerprint density at radius 2 is 2.11 bits per heavy atom. The van der Waals surface area contributed by atoms with Gasteiger partial charge in [-0.3, -0.25) is 9.59 Å². The summed E-state index contributed by atoms with van der Waals surface area (Å²) in [5.41, 5.74) is 1.02. The van der Waals surface area contributed by atoms with E-state index in [-0.39, 0.29) is 24.4 Å². The van der Waals surface area contributed by atoms with E-state index >= 15 is 0 Å². The molecule has 0 bridgehead atoms. The van der Waals surface area contributed by atoms with Gasteiger partial charge in [-0.15, -0.1) is 0 Å². The van der Waals surface area contributed by atoms with E-state index in [2.05, 4.69) is 10.6 Å². The molecule has 5 nitrogen and oxygen atoms in total. The molecule has 1 aromatic rings. The molecule has 19 heavy (non-hydrogen) atoms. The summed E-state index contributed by atoms with van der Waals surface area (Å²) < 4.78 is 5.54. The fourth-order valence-electron chi connectivity index (χ4n) is 1.98. The molecule has 0 aliphatic carbocycles. The van der Waals surface area contributed by atoms with Gasteiger partial charge in [0.05, 0.1) is 6.54 Å². The largest absolute Gasteiger partial charge is 0.480 e. The predicted molar refractivity (Wildman–Crippen MR) is 70.9 cm³/mol. The number of amides is 2. The molecule has 102 valence electrons. The molecule has 0 radical (unpaired) electrons. The zero-order valence-corrected chi connectivity index (χ0v) is 11.1. The molecule has 0 saturated carbocycles. The van der Waals surface area contributed by atoms with Crippen molar-refractivity contribution in [3.63, 3.8) is 0 Å². The summed E-state index contributed by atoms with van der Waals surface area (Å²) in [7, 11) is 0. The normalized spacial score (nSPS) is 16.7. The van der Waals surface area contributed by atoms with Gasteiger partial charge in [-0.2, -0.15) is 0 Å². The van der Waals surface area contributed by atoms with Crippen molar-refractivity contribution >= 4 is 11.8 Å². The summed E-state index contributed by atoms with van der Waals surface area (Å²) in [6.45, 7) is 3.72. The van der Waals surface area contributed by atoms with Crippen LogP contribution in [0.5, 0.6) is 5.75 Å². The van der Waals surface area contributed by atoms with Gasteiger partial charge in [0, 0.05) is 12.5 Å². The van der Waals surface area contributed by atoms with Crippen molar-refractivity contribution in [2.45, 2.75) is 32.4 Å². The Morgan fingerprint density at radius 1 is 1.37 bits per heavy atom. The van der Waals surface area contributed by atoms with Gasteiger partial charge in [0.15, 0.2) is 6.10 Å². The molecule has 0 fully saturated rings. The van der Waals surface area contributed by atoms with Crippen molar-refractivity contribution < 1.29 is 14.3 Å². The molecule has 2 amide bonds. The highest BCUT2D eigenvalue weighted by atomic mass is 16.5. The van der Waals surface area contributed by atoms with Crippen molar-refractivity contribution in [2.24, 2.45) is 0 Å². The average Bonchev–Trinajstić information content (AvgIpc) is 2.78. The second-order valence-corrected chi connectivity index (χ2v) is 4.86. The molecule has 0 spiro atoms. The molecule has 1 unspecified atom stereocenters. The molecule has 2 rings (SSSR count). The zero-order chi connectivity index (χ0) is 13.8. The maximum Gasteiger partial charge on any atom is 0.261 e. The van der Waals surface area contributed by atoms with Crippen LogP contribution in [0.15, 0.2) is 24.3 Å². The minimum absolute atomic E-state index is 0.0206. The molecule has 0 saturated heterocycles. The lowest BCUT2D eigenvalue weighted by atomic mass is 10.1. The highest BCUT2D eigenvalue weighted by Gasteiger charge is 2.28. The number of carbonyl (C=O) groups is 2. The Labute approximate surface area is 112 Å². The Morgan fingerprint density at radius 3 is 2.79 bits per heavy atom. The average molecular weight is 262 g/mol. The monoisotopic (exact) mass is 262 g/mol. The molecule has 1 aliphatic heterocycles. The van der Waals surface area contributed by atoms with E-state index < -0.39 is 6.10 Å². The van der Waals surface area contributed by atoms with Gasteiger partial charge < -0.3 is 15.4 Å². The van der Waals surface area contributed by atoms with Crippen LogP contribution in [0.1, 0.15) is 19.4 Å². The Balaban J connectivity index is 1.82. The van der Waals surface area contributed by atoms with E-state index in [1.165, 1.54) is 0 Å². The van der Waals surface area contributed by atoms with Crippen molar-refractivity contribution in [3.05, 3.63) is 29.8 Å². The molecule has 2 N–H and O–H groups in total. The summed E-state index contributed by atoms with van der Waals surface area (Å²) in [5, 5.41) is 5.30. The number of benzene rings is 1. The zero-order valence-electron chi connectivity index (χ0n) is 11.1. The van der Waals surface area contributed by atoms with Crippen LogP contribution >= 0.6 is 0 Å². The maximum absolute atomic E-state index is 11.9. The highest BCUT2D eigenvalue weighted by molar-refractivity contribution is 5.87. The van der Waals surface area contributed by atoms with Crippen LogP contribution in [-0.4, -0.2) is 30.5 Å². The van der Waals surface area contributed by atoms with Crippen LogP contribution in [0.3, 0.4) is 0 Å². The number of rotatable bonds is 4. The Bertz CT molecular complexity index is 460. The smallest absolute Gasteiger partial charge is 0.261 e. The number of carbonyl (C=O) groups excluding carboxylic acids is 2. The van der Waals surface area contributed by atoms with Crippen LogP contribution in [0.2, 0.25) is 0 Å². The van der Waals surface area contributed by atoms with E-state index in [0.29, 0.717) is 6.42 Å². The fraction of sp³-hybridized carbons (Fsp3) is 0.429. The lowest BCUT2D eigenvalue weighted by Crippen LogP contribution is -2.44. The summed E-state index contributed by atoms with van der Waals surface area (Å²) >= 11 is 0. The minimum atomic E-state index is -0.538. The Hall–Kier alpha value is -2.04. The van der Waals surface area contributed by atoms with E-state index in [1.807, 2.05) is 38.1 Å². The second kappa shape index (κ2) is 5.73. The fourth-order valence-corrected chi connectivity index (χ4v) is 1.98. The summed E-state index contributed by atoms with van der Waals surface area (Å²) in [4.78, 5) is 23.3. The molecule has 1 aliphatic rings. The topological polar surface area (TPSA) is 67.4 Å². The standard InChI is InChI=1S/C14H18N2O3/c1-9(2)16-13(17)8-15-14(18)12-7-10-5-3-4-6-11(10)19-12/h3-6,9,12H,7-8H2,1-2H3,(H,15,18)(H,16,17). The molecule has 1 heterocycles. The number of para-hydroxylation sites is 1. The SMILES string of the molecule is CC(C)NC(=O)CNC(=O)C1Cc2ccccc2O1. The second-order valence-electron chi connectivity index (χ2n) is 4.86. The molecular weight excluding hydrogens is 244 g/mol. The Kier molecular flexibility index (Phi) is 4.04. The van der Waals surface area contributed by atoms with Gasteiger partial charge in [-0.05, 0) is 25.5 Å². The number of nitrogens with one attached hydrogen (secondary N) is 2. The van der Waals surface area contributed by atoms with Crippen LogP contribution in [-0.2, 0) is 16.0 Å². The van der Waals surface area contributed by atoms with Gasteiger partial charge in [0.25, 0.3) is 5.91 Å². The molecule has 0 aromatic heterocycles. The van der Waals surface area contributed by atoms with Crippen molar-refractivity contribution in [3.8, 4) is 5.75 Å². The quantitative estimate of drug-likeness (QED) is 0.836. The number of ether oxygens (including phenoxy) is 1. The van der Waals surface area contributed by atoms with Crippen LogP contribution < -0.4 is 15.4 Å².